The maximum atomic E-state index is 12.6. The van der Waals surface area contributed by atoms with E-state index in [1.165, 1.54) is 23.9 Å². The third-order valence-electron chi connectivity index (χ3n) is 4.25. The van der Waals surface area contributed by atoms with Gasteiger partial charge in [0.05, 0.1) is 6.54 Å². The molecule has 3 unspecified atom stereocenters. The highest BCUT2D eigenvalue weighted by Crippen LogP contribution is 2.11. The molecule has 12 heteroatoms. The molecule has 0 bridgehead atoms. The van der Waals surface area contributed by atoms with E-state index < -0.39 is 41.8 Å². The number of thioether (sulfide) groups is 1. The zero-order valence-electron chi connectivity index (χ0n) is 17.0. The molecule has 3 amide bonds. The van der Waals surface area contributed by atoms with Crippen molar-refractivity contribution in [2.75, 3.05) is 24.3 Å². The lowest BCUT2D eigenvalue weighted by molar-refractivity contribution is -0.142. The Balaban J connectivity index is 2.81. The Hall–Kier alpha value is -2.44. The fraction of sp³-hybridized carbons (Fsp3) is 0.474. The minimum atomic E-state index is -1.25. The topological polar surface area (TPSA) is 171 Å². The van der Waals surface area contributed by atoms with Crippen LogP contribution in [0.15, 0.2) is 24.3 Å². The van der Waals surface area contributed by atoms with Crippen molar-refractivity contribution in [2.24, 2.45) is 5.73 Å². The summed E-state index contributed by atoms with van der Waals surface area (Å²) < 4.78 is 0. The number of carbonyl (C=O) groups excluding carboxylic acids is 3. The number of carbonyl (C=O) groups is 4. The molecule has 0 spiro atoms. The van der Waals surface area contributed by atoms with Crippen LogP contribution in [-0.2, 0) is 25.6 Å². The van der Waals surface area contributed by atoms with E-state index in [1.807, 2.05) is 6.26 Å². The quantitative estimate of drug-likeness (QED) is 0.181. The zero-order valence-corrected chi connectivity index (χ0v) is 18.7. The molecule has 0 aliphatic rings. The summed E-state index contributed by atoms with van der Waals surface area (Å²) in [7, 11) is 0. The number of phenolic OH excluding ortho intramolecular Hbond substituents is 1. The number of hydrogen-bond donors (Lipinski definition) is 7. The van der Waals surface area contributed by atoms with Crippen molar-refractivity contribution in [1.29, 1.82) is 0 Å². The Morgan fingerprint density at radius 3 is 2.13 bits per heavy atom. The Labute approximate surface area is 190 Å². The number of carboxylic acids is 1. The molecule has 0 aliphatic carbocycles. The second-order valence-corrected chi connectivity index (χ2v) is 7.97. The average Bonchev–Trinajstić information content (AvgIpc) is 2.75. The van der Waals surface area contributed by atoms with Crippen LogP contribution in [0.1, 0.15) is 12.0 Å². The van der Waals surface area contributed by atoms with Gasteiger partial charge in [-0.05, 0) is 36.1 Å². The number of phenols is 1. The largest absolute Gasteiger partial charge is 0.508 e. The van der Waals surface area contributed by atoms with Crippen molar-refractivity contribution in [3.8, 4) is 5.75 Å². The maximum Gasteiger partial charge on any atom is 0.326 e. The highest BCUT2D eigenvalue weighted by Gasteiger charge is 2.28. The molecule has 0 saturated carbocycles. The molecule has 7 N–H and O–H groups in total. The zero-order chi connectivity index (χ0) is 23.4. The molecule has 0 aliphatic heterocycles. The van der Waals surface area contributed by atoms with Crippen LogP contribution in [0.25, 0.3) is 0 Å². The van der Waals surface area contributed by atoms with E-state index in [4.69, 9.17) is 5.73 Å². The summed E-state index contributed by atoms with van der Waals surface area (Å²) >= 11 is 5.57. The number of aliphatic carboxylic acids is 1. The maximum absolute atomic E-state index is 12.6. The van der Waals surface area contributed by atoms with Crippen LogP contribution in [0.4, 0.5) is 0 Å². The Kier molecular flexibility index (Phi) is 11.8. The van der Waals surface area contributed by atoms with Crippen LogP contribution in [0, 0.1) is 0 Å². The van der Waals surface area contributed by atoms with Gasteiger partial charge in [0.1, 0.15) is 23.9 Å². The molecule has 10 nitrogen and oxygen atoms in total. The monoisotopic (exact) mass is 472 g/mol. The molecule has 0 radical (unpaired) electrons. The lowest BCUT2D eigenvalue weighted by Gasteiger charge is -2.23. The second kappa shape index (κ2) is 13.8. The lowest BCUT2D eigenvalue weighted by atomic mass is 10.1. The van der Waals surface area contributed by atoms with Crippen molar-refractivity contribution in [2.45, 2.75) is 31.0 Å². The van der Waals surface area contributed by atoms with E-state index in [-0.39, 0.29) is 24.5 Å². The second-order valence-electron chi connectivity index (χ2n) is 6.62. The third-order valence-corrected chi connectivity index (χ3v) is 5.26. The third kappa shape index (κ3) is 9.49. The van der Waals surface area contributed by atoms with E-state index >= 15 is 0 Å². The van der Waals surface area contributed by atoms with Gasteiger partial charge >= 0.3 is 5.97 Å². The van der Waals surface area contributed by atoms with Gasteiger partial charge in [-0.3, -0.25) is 14.4 Å². The predicted octanol–water partition coefficient (Wildman–Crippen LogP) is -0.885. The van der Waals surface area contributed by atoms with Crippen molar-refractivity contribution in [3.63, 3.8) is 0 Å². The first-order valence-electron chi connectivity index (χ1n) is 9.42. The molecule has 1 aromatic carbocycles. The predicted molar refractivity (Wildman–Crippen MR) is 121 cm³/mol. The van der Waals surface area contributed by atoms with Crippen LogP contribution in [0.2, 0.25) is 0 Å². The molecule has 31 heavy (non-hydrogen) atoms. The smallest absolute Gasteiger partial charge is 0.326 e. The normalized spacial score (nSPS) is 13.5. The first kappa shape index (κ1) is 26.6. The van der Waals surface area contributed by atoms with Gasteiger partial charge in [-0.15, -0.1) is 0 Å². The van der Waals surface area contributed by atoms with Gasteiger partial charge in [-0.1, -0.05) is 12.1 Å². The minimum Gasteiger partial charge on any atom is -0.508 e. The van der Waals surface area contributed by atoms with Gasteiger partial charge in [0.2, 0.25) is 17.7 Å². The summed E-state index contributed by atoms with van der Waals surface area (Å²) in [5, 5.41) is 26.2. The van der Waals surface area contributed by atoms with E-state index in [9.17, 15) is 29.4 Å². The minimum absolute atomic E-state index is 0.0164. The summed E-state index contributed by atoms with van der Waals surface area (Å²) in [6, 6.07) is 2.68. The van der Waals surface area contributed by atoms with Gasteiger partial charge in [0, 0.05) is 12.2 Å². The molecule has 0 saturated heterocycles. The molecule has 3 atom stereocenters. The molecular weight excluding hydrogens is 444 g/mol. The molecule has 1 rings (SSSR count). The van der Waals surface area contributed by atoms with Gasteiger partial charge < -0.3 is 31.9 Å². The van der Waals surface area contributed by atoms with Crippen LogP contribution < -0.4 is 21.7 Å². The summed E-state index contributed by atoms with van der Waals surface area (Å²) in [5.41, 5.74) is 5.88. The first-order valence-corrected chi connectivity index (χ1v) is 11.4. The number of benzene rings is 1. The summed E-state index contributed by atoms with van der Waals surface area (Å²) in [6.45, 7) is -0.281. The lowest BCUT2D eigenvalue weighted by Crippen LogP contribution is -2.57. The van der Waals surface area contributed by atoms with E-state index in [1.54, 1.807) is 12.1 Å². The number of carboxylic acid groups (broad SMARTS) is 1. The number of hydrogen-bond acceptors (Lipinski definition) is 8. The summed E-state index contributed by atoms with van der Waals surface area (Å²) in [4.78, 5) is 48.4. The fourth-order valence-corrected chi connectivity index (χ4v) is 3.29. The van der Waals surface area contributed by atoms with E-state index in [2.05, 4.69) is 28.6 Å². The summed E-state index contributed by atoms with van der Waals surface area (Å²) in [5.74, 6) is -2.52. The van der Waals surface area contributed by atoms with Gasteiger partial charge in [-0.2, -0.15) is 24.4 Å². The highest BCUT2D eigenvalue weighted by atomic mass is 32.2. The number of thiol groups is 1. The molecule has 172 valence electrons. The Bertz CT molecular complexity index is 762. The number of nitrogens with one attached hydrogen (secondary N) is 3. The van der Waals surface area contributed by atoms with Crippen molar-refractivity contribution < 1.29 is 29.4 Å². The Morgan fingerprint density at radius 2 is 1.61 bits per heavy atom. The molecule has 0 aromatic heterocycles. The van der Waals surface area contributed by atoms with E-state index in [0.29, 0.717) is 17.7 Å². The SMILES string of the molecule is CSCCC(NC(=O)CN)C(=O)NC(CS)C(=O)NC(Cc1ccc(O)cc1)C(=O)O. The average molecular weight is 473 g/mol. The van der Waals surface area contributed by atoms with Crippen LogP contribution in [0.3, 0.4) is 0 Å². The Morgan fingerprint density at radius 1 is 1.03 bits per heavy atom. The van der Waals surface area contributed by atoms with Crippen LogP contribution in [0.5, 0.6) is 5.75 Å². The molecule has 1 aromatic rings. The number of nitrogens with two attached hydrogens (primary N) is 1. The van der Waals surface area contributed by atoms with Crippen molar-refractivity contribution in [3.05, 3.63) is 29.8 Å². The standard InChI is InChI=1S/C19H28N4O6S2/c1-31-7-6-13(21-16(25)9-20)17(26)23-15(10-30)18(27)22-14(19(28)29)8-11-2-4-12(24)5-3-11/h2-5,13-15,24,30H,6-10,20H2,1H3,(H,21,25)(H,22,27)(H,23,26)(H,28,29). The molecular formula is C19H28N4O6S2. The van der Waals surface area contributed by atoms with E-state index in [0.717, 1.165) is 0 Å². The van der Waals surface area contributed by atoms with Gasteiger partial charge in [0.15, 0.2) is 0 Å². The molecule has 0 heterocycles. The van der Waals surface area contributed by atoms with Crippen LogP contribution >= 0.6 is 24.4 Å². The van der Waals surface area contributed by atoms with Crippen LogP contribution in [-0.4, -0.2) is 76.3 Å². The van der Waals surface area contributed by atoms with Crippen molar-refractivity contribution in [1.82, 2.24) is 16.0 Å². The number of aromatic hydroxyl groups is 1. The van der Waals surface area contributed by atoms with Crippen molar-refractivity contribution >= 4 is 48.1 Å². The van der Waals surface area contributed by atoms with Gasteiger partial charge in [-0.25, -0.2) is 4.79 Å². The summed E-state index contributed by atoms with van der Waals surface area (Å²) in [6.07, 6.45) is 2.17. The number of amides is 3. The first-order chi connectivity index (χ1) is 14.7. The number of rotatable bonds is 13. The molecule has 0 fully saturated rings. The highest BCUT2D eigenvalue weighted by molar-refractivity contribution is 7.98. The fourth-order valence-electron chi connectivity index (χ4n) is 2.56. The van der Waals surface area contributed by atoms with Gasteiger partial charge in [0.25, 0.3) is 0 Å².